The molecule has 0 aliphatic rings. The molecule has 0 saturated carbocycles. The van der Waals surface area contributed by atoms with E-state index in [9.17, 15) is 9.59 Å². The van der Waals surface area contributed by atoms with Crippen LogP contribution in [0.4, 0.5) is 4.79 Å². The molecule has 0 bridgehead atoms. The third kappa shape index (κ3) is 4.14. The summed E-state index contributed by atoms with van der Waals surface area (Å²) in [6.45, 7) is 0. The average Bonchev–Trinajstić information content (AvgIpc) is 2.29. The normalized spacial score (nSPS) is 11.6. The molecule has 0 fully saturated rings. The number of carboxylic acids is 1. The molecule has 0 aliphatic heterocycles. The maximum Gasteiger partial charge on any atom is 0.326 e. The fourth-order valence-corrected chi connectivity index (χ4v) is 1.33. The molecule has 1 aromatic carbocycles. The highest BCUT2D eigenvalue weighted by molar-refractivity contribution is 5.82. The smallest absolute Gasteiger partial charge is 0.326 e. The predicted octanol–water partition coefficient (Wildman–Crippen LogP) is 0.954. The summed E-state index contributed by atoms with van der Waals surface area (Å²) in [6, 6.07) is 7.87. The van der Waals surface area contributed by atoms with Gasteiger partial charge in [0.05, 0.1) is 0 Å². The summed E-state index contributed by atoms with van der Waals surface area (Å²) in [5.74, 6) is -1.04. The van der Waals surface area contributed by atoms with E-state index in [1.807, 2.05) is 30.3 Å². The molecule has 0 saturated heterocycles. The average molecular weight is 236 g/mol. The van der Waals surface area contributed by atoms with Crippen LogP contribution in [0.1, 0.15) is 5.56 Å². The Morgan fingerprint density at radius 2 is 1.88 bits per heavy atom. The molecule has 2 amide bonds. The molecule has 5 heteroatoms. The van der Waals surface area contributed by atoms with Crippen molar-refractivity contribution in [2.75, 3.05) is 14.1 Å². The van der Waals surface area contributed by atoms with E-state index >= 15 is 0 Å². The number of urea groups is 1. The lowest BCUT2D eigenvalue weighted by Crippen LogP contribution is -2.46. The van der Waals surface area contributed by atoms with Crippen LogP contribution in [0.5, 0.6) is 0 Å². The molecule has 17 heavy (non-hydrogen) atoms. The van der Waals surface area contributed by atoms with E-state index in [2.05, 4.69) is 5.32 Å². The number of hydrogen-bond donors (Lipinski definition) is 2. The van der Waals surface area contributed by atoms with Crippen LogP contribution < -0.4 is 5.32 Å². The predicted molar refractivity (Wildman–Crippen MR) is 63.8 cm³/mol. The topological polar surface area (TPSA) is 69.6 Å². The maximum atomic E-state index is 11.4. The summed E-state index contributed by atoms with van der Waals surface area (Å²) in [7, 11) is 3.13. The minimum Gasteiger partial charge on any atom is -0.480 e. The Morgan fingerprint density at radius 3 is 2.35 bits per heavy atom. The third-order valence-corrected chi connectivity index (χ3v) is 2.28. The monoisotopic (exact) mass is 236 g/mol. The number of nitrogens with zero attached hydrogens (tertiary/aromatic N) is 1. The van der Waals surface area contributed by atoms with Crippen molar-refractivity contribution in [2.45, 2.75) is 12.5 Å². The van der Waals surface area contributed by atoms with Gasteiger partial charge in [0.1, 0.15) is 6.04 Å². The zero-order valence-electron chi connectivity index (χ0n) is 9.88. The first-order valence-corrected chi connectivity index (χ1v) is 5.25. The number of rotatable bonds is 4. The lowest BCUT2D eigenvalue weighted by molar-refractivity contribution is -0.139. The molecule has 0 unspecified atom stereocenters. The molecule has 0 aliphatic carbocycles. The number of carbonyl (C=O) groups is 2. The molecule has 5 nitrogen and oxygen atoms in total. The molecule has 0 heterocycles. The first-order valence-electron chi connectivity index (χ1n) is 5.25. The number of nitrogens with one attached hydrogen (secondary N) is 1. The highest BCUT2D eigenvalue weighted by Gasteiger charge is 2.20. The Balaban J connectivity index is 2.68. The van der Waals surface area contributed by atoms with E-state index in [1.165, 1.54) is 4.90 Å². The van der Waals surface area contributed by atoms with E-state index < -0.39 is 18.0 Å². The van der Waals surface area contributed by atoms with Crippen molar-refractivity contribution in [3.8, 4) is 0 Å². The van der Waals surface area contributed by atoms with Gasteiger partial charge in [0, 0.05) is 20.5 Å². The van der Waals surface area contributed by atoms with Crippen molar-refractivity contribution < 1.29 is 14.7 Å². The van der Waals surface area contributed by atoms with Crippen molar-refractivity contribution >= 4 is 12.0 Å². The van der Waals surface area contributed by atoms with Crippen LogP contribution in [0.2, 0.25) is 0 Å². The number of carboxylic acid groups (broad SMARTS) is 1. The van der Waals surface area contributed by atoms with Gasteiger partial charge in [-0.25, -0.2) is 9.59 Å². The molecule has 1 atom stereocenters. The summed E-state index contributed by atoms with van der Waals surface area (Å²) in [6.07, 6.45) is 0.274. The van der Waals surface area contributed by atoms with E-state index in [-0.39, 0.29) is 6.42 Å². The van der Waals surface area contributed by atoms with Crippen LogP contribution in [-0.2, 0) is 11.2 Å². The number of carbonyl (C=O) groups excluding carboxylic acids is 1. The fourth-order valence-electron chi connectivity index (χ4n) is 1.33. The fraction of sp³-hybridized carbons (Fsp3) is 0.333. The summed E-state index contributed by atoms with van der Waals surface area (Å²) >= 11 is 0. The number of amides is 2. The molecule has 0 radical (unpaired) electrons. The molecular weight excluding hydrogens is 220 g/mol. The number of aliphatic carboxylic acids is 1. The van der Waals surface area contributed by atoms with Crippen molar-refractivity contribution in [1.29, 1.82) is 0 Å². The van der Waals surface area contributed by atoms with E-state index in [1.54, 1.807) is 14.1 Å². The molecule has 0 spiro atoms. The van der Waals surface area contributed by atoms with Gasteiger partial charge >= 0.3 is 12.0 Å². The van der Waals surface area contributed by atoms with Crippen molar-refractivity contribution in [2.24, 2.45) is 0 Å². The second-order valence-corrected chi connectivity index (χ2v) is 3.92. The largest absolute Gasteiger partial charge is 0.480 e. The van der Waals surface area contributed by atoms with Gasteiger partial charge in [-0.3, -0.25) is 0 Å². The number of hydrogen-bond acceptors (Lipinski definition) is 2. The molecule has 1 rings (SSSR count). The van der Waals surface area contributed by atoms with Crippen LogP contribution >= 0.6 is 0 Å². The SMILES string of the molecule is CN(C)C(=O)N[C@H](Cc1ccccc1)C(=O)O. The molecule has 2 N–H and O–H groups in total. The lowest BCUT2D eigenvalue weighted by Gasteiger charge is -2.18. The van der Waals surface area contributed by atoms with Gasteiger partial charge in [0.2, 0.25) is 0 Å². The standard InChI is InChI=1S/C12H16N2O3/c1-14(2)12(17)13-10(11(15)16)8-9-6-4-3-5-7-9/h3-7,10H,8H2,1-2H3,(H,13,17)(H,15,16)/t10-/m1/s1. The summed E-state index contributed by atoms with van der Waals surface area (Å²) in [5.41, 5.74) is 0.874. The third-order valence-electron chi connectivity index (χ3n) is 2.28. The second kappa shape index (κ2) is 5.89. The van der Waals surface area contributed by atoms with E-state index in [0.717, 1.165) is 5.56 Å². The highest BCUT2D eigenvalue weighted by Crippen LogP contribution is 2.03. The number of benzene rings is 1. The van der Waals surface area contributed by atoms with Crippen molar-refractivity contribution in [3.05, 3.63) is 35.9 Å². The van der Waals surface area contributed by atoms with Gasteiger partial charge in [0.15, 0.2) is 0 Å². The lowest BCUT2D eigenvalue weighted by atomic mass is 10.1. The first-order chi connectivity index (χ1) is 8.00. The minimum atomic E-state index is -1.04. The molecule has 92 valence electrons. The van der Waals surface area contributed by atoms with Gasteiger partial charge in [-0.15, -0.1) is 0 Å². The maximum absolute atomic E-state index is 11.4. The van der Waals surface area contributed by atoms with Gasteiger partial charge in [-0.2, -0.15) is 0 Å². The van der Waals surface area contributed by atoms with Gasteiger partial charge < -0.3 is 15.3 Å². The van der Waals surface area contributed by atoms with Crippen LogP contribution in [0.25, 0.3) is 0 Å². The van der Waals surface area contributed by atoms with Crippen LogP contribution in [0, 0.1) is 0 Å². The molecule has 1 aromatic rings. The second-order valence-electron chi connectivity index (χ2n) is 3.92. The van der Waals surface area contributed by atoms with Crippen molar-refractivity contribution in [3.63, 3.8) is 0 Å². The van der Waals surface area contributed by atoms with Crippen LogP contribution in [0.3, 0.4) is 0 Å². The van der Waals surface area contributed by atoms with Crippen LogP contribution in [0.15, 0.2) is 30.3 Å². The Labute approximate surface area is 100 Å². The quantitative estimate of drug-likeness (QED) is 0.817. The van der Waals surface area contributed by atoms with Gasteiger partial charge in [-0.1, -0.05) is 30.3 Å². The van der Waals surface area contributed by atoms with Crippen molar-refractivity contribution in [1.82, 2.24) is 10.2 Å². The Morgan fingerprint density at radius 1 is 1.29 bits per heavy atom. The van der Waals surface area contributed by atoms with E-state index in [0.29, 0.717) is 0 Å². The molecule has 0 aromatic heterocycles. The Hall–Kier alpha value is -2.04. The van der Waals surface area contributed by atoms with Crippen LogP contribution in [-0.4, -0.2) is 42.1 Å². The summed E-state index contributed by atoms with van der Waals surface area (Å²) in [4.78, 5) is 23.7. The summed E-state index contributed by atoms with van der Waals surface area (Å²) < 4.78 is 0. The first kappa shape index (κ1) is 13.0. The Bertz CT molecular complexity index is 390. The zero-order chi connectivity index (χ0) is 12.8. The van der Waals surface area contributed by atoms with Gasteiger partial charge in [-0.05, 0) is 5.56 Å². The highest BCUT2D eigenvalue weighted by atomic mass is 16.4. The zero-order valence-corrected chi connectivity index (χ0v) is 9.88. The van der Waals surface area contributed by atoms with Gasteiger partial charge in [0.25, 0.3) is 0 Å². The molecular formula is C12H16N2O3. The minimum absolute atomic E-state index is 0.274. The Kier molecular flexibility index (Phi) is 4.51. The summed E-state index contributed by atoms with van der Waals surface area (Å²) in [5, 5.41) is 11.5. The van der Waals surface area contributed by atoms with E-state index in [4.69, 9.17) is 5.11 Å².